The van der Waals surface area contributed by atoms with E-state index in [0.29, 0.717) is 24.5 Å². The van der Waals surface area contributed by atoms with Gasteiger partial charge in [-0.15, -0.1) is 0 Å². The van der Waals surface area contributed by atoms with Crippen LogP contribution in [0.2, 0.25) is 18.1 Å². The van der Waals surface area contributed by atoms with Crippen molar-refractivity contribution in [3.05, 3.63) is 59.2 Å². The van der Waals surface area contributed by atoms with Gasteiger partial charge in [0.25, 0.3) is 10.1 Å². The molecule has 0 radical (unpaired) electrons. The standard InChI is InChI=1S/C23H34O6SSi/c1-23(2,3)31(6,7)29-16-18-9-8-10-21(14-18)27-15-19-11-12-22(26-4)20(13-19)17-28-30(5,24)25/h8-14H,15-17H2,1-7H3. The van der Waals surface area contributed by atoms with Crippen LogP contribution in [0.3, 0.4) is 0 Å². The molecule has 0 aliphatic carbocycles. The lowest BCUT2D eigenvalue weighted by Crippen LogP contribution is -2.40. The molecular weight excluding hydrogens is 432 g/mol. The van der Waals surface area contributed by atoms with Gasteiger partial charge in [0.05, 0.1) is 26.6 Å². The smallest absolute Gasteiger partial charge is 0.264 e. The summed E-state index contributed by atoms with van der Waals surface area (Å²) in [5.74, 6) is 1.32. The Kier molecular flexibility index (Phi) is 8.32. The molecule has 172 valence electrons. The van der Waals surface area contributed by atoms with Gasteiger partial charge >= 0.3 is 0 Å². The Hall–Kier alpha value is -1.87. The van der Waals surface area contributed by atoms with Gasteiger partial charge in [0.15, 0.2) is 8.32 Å². The first kappa shape index (κ1) is 25.4. The average molecular weight is 467 g/mol. The third kappa shape index (κ3) is 7.96. The van der Waals surface area contributed by atoms with Crippen molar-refractivity contribution in [2.24, 2.45) is 0 Å². The second-order valence-corrected chi connectivity index (χ2v) is 15.6. The third-order valence-electron chi connectivity index (χ3n) is 5.48. The summed E-state index contributed by atoms with van der Waals surface area (Å²) in [7, 11) is -3.83. The van der Waals surface area contributed by atoms with Crippen molar-refractivity contribution in [3.63, 3.8) is 0 Å². The third-order valence-corrected chi connectivity index (χ3v) is 10.5. The number of methoxy groups -OCH3 is 1. The van der Waals surface area contributed by atoms with Gasteiger partial charge < -0.3 is 13.9 Å². The monoisotopic (exact) mass is 466 g/mol. The van der Waals surface area contributed by atoms with Crippen LogP contribution in [0.4, 0.5) is 0 Å². The molecule has 0 amide bonds. The summed E-state index contributed by atoms with van der Waals surface area (Å²) in [5.41, 5.74) is 2.60. The summed E-state index contributed by atoms with van der Waals surface area (Å²) in [4.78, 5) is 0. The van der Waals surface area contributed by atoms with E-state index in [9.17, 15) is 8.42 Å². The van der Waals surface area contributed by atoms with Gasteiger partial charge in [0.2, 0.25) is 0 Å². The van der Waals surface area contributed by atoms with E-state index in [1.807, 2.05) is 36.4 Å². The molecular formula is C23H34O6SSi. The molecule has 0 fully saturated rings. The van der Waals surface area contributed by atoms with Crippen LogP contribution in [0.15, 0.2) is 42.5 Å². The predicted molar refractivity (Wildman–Crippen MR) is 125 cm³/mol. The molecule has 0 aromatic heterocycles. The van der Waals surface area contributed by atoms with E-state index in [4.69, 9.17) is 18.1 Å². The van der Waals surface area contributed by atoms with Crippen molar-refractivity contribution in [2.45, 2.75) is 58.7 Å². The van der Waals surface area contributed by atoms with Crippen molar-refractivity contribution >= 4 is 18.4 Å². The highest BCUT2D eigenvalue weighted by Gasteiger charge is 2.37. The molecule has 0 atom stereocenters. The molecule has 0 bridgehead atoms. The van der Waals surface area contributed by atoms with E-state index in [0.717, 1.165) is 23.1 Å². The maximum atomic E-state index is 11.3. The first-order valence-corrected chi connectivity index (χ1v) is 14.9. The molecule has 6 nitrogen and oxygen atoms in total. The van der Waals surface area contributed by atoms with Gasteiger partial charge in [-0.05, 0) is 53.5 Å². The lowest BCUT2D eigenvalue weighted by Gasteiger charge is -2.36. The van der Waals surface area contributed by atoms with Crippen LogP contribution < -0.4 is 9.47 Å². The Bertz CT molecular complexity index is 980. The lowest BCUT2D eigenvalue weighted by atomic mass is 10.1. The zero-order valence-electron chi connectivity index (χ0n) is 19.5. The van der Waals surface area contributed by atoms with Crippen LogP contribution >= 0.6 is 0 Å². The topological polar surface area (TPSA) is 71.1 Å². The minimum absolute atomic E-state index is 0.0872. The summed E-state index contributed by atoms with van der Waals surface area (Å²) in [6.07, 6.45) is 1.02. The van der Waals surface area contributed by atoms with Gasteiger partial charge in [0.1, 0.15) is 18.1 Å². The maximum absolute atomic E-state index is 11.3. The zero-order valence-corrected chi connectivity index (χ0v) is 21.3. The van der Waals surface area contributed by atoms with Crippen LogP contribution in [0, 0.1) is 0 Å². The van der Waals surface area contributed by atoms with Gasteiger partial charge in [-0.1, -0.05) is 39.0 Å². The number of hydrogen-bond donors (Lipinski definition) is 0. The van der Waals surface area contributed by atoms with E-state index in [1.165, 1.54) is 7.11 Å². The molecule has 8 heteroatoms. The first-order valence-electron chi connectivity index (χ1n) is 10.2. The highest BCUT2D eigenvalue weighted by Crippen LogP contribution is 2.37. The fraction of sp³-hybridized carbons (Fsp3) is 0.478. The average Bonchev–Trinajstić information content (AvgIpc) is 2.68. The minimum Gasteiger partial charge on any atom is -0.496 e. The molecule has 2 aromatic rings. The number of hydrogen-bond acceptors (Lipinski definition) is 6. The summed E-state index contributed by atoms with van der Waals surface area (Å²) in [6, 6.07) is 13.4. The van der Waals surface area contributed by atoms with Crippen LogP contribution in [0.1, 0.15) is 37.5 Å². The maximum Gasteiger partial charge on any atom is 0.264 e. The van der Waals surface area contributed by atoms with E-state index >= 15 is 0 Å². The number of benzene rings is 2. The van der Waals surface area contributed by atoms with E-state index < -0.39 is 18.4 Å². The lowest BCUT2D eigenvalue weighted by molar-refractivity contribution is 0.273. The van der Waals surface area contributed by atoms with Crippen molar-refractivity contribution in [3.8, 4) is 11.5 Å². The van der Waals surface area contributed by atoms with Gasteiger partial charge in [-0.2, -0.15) is 8.42 Å². The SMILES string of the molecule is COc1ccc(COc2cccc(CO[Si](C)(C)C(C)(C)C)c2)cc1COS(C)(=O)=O. The van der Waals surface area contributed by atoms with Gasteiger partial charge in [-0.25, -0.2) is 0 Å². The summed E-state index contributed by atoms with van der Waals surface area (Å²) >= 11 is 0. The van der Waals surface area contributed by atoms with E-state index in [-0.39, 0.29) is 11.6 Å². The van der Waals surface area contributed by atoms with Crippen molar-refractivity contribution < 1.29 is 26.5 Å². The van der Waals surface area contributed by atoms with Crippen molar-refractivity contribution in [1.29, 1.82) is 0 Å². The Morgan fingerprint density at radius 3 is 2.23 bits per heavy atom. The molecule has 0 aliphatic heterocycles. The second kappa shape index (κ2) is 10.2. The second-order valence-electron chi connectivity index (χ2n) is 9.10. The highest BCUT2D eigenvalue weighted by atomic mass is 32.2. The fourth-order valence-electron chi connectivity index (χ4n) is 2.58. The molecule has 0 unspecified atom stereocenters. The summed E-state index contributed by atoms with van der Waals surface area (Å²) in [6.45, 7) is 12.0. The van der Waals surface area contributed by atoms with Crippen LogP contribution in [-0.4, -0.2) is 30.1 Å². The number of ether oxygens (including phenoxy) is 2. The van der Waals surface area contributed by atoms with Crippen molar-refractivity contribution in [2.75, 3.05) is 13.4 Å². The van der Waals surface area contributed by atoms with E-state index in [2.05, 4.69) is 33.9 Å². The van der Waals surface area contributed by atoms with Crippen molar-refractivity contribution in [1.82, 2.24) is 0 Å². The molecule has 2 aromatic carbocycles. The van der Waals surface area contributed by atoms with Gasteiger partial charge in [0, 0.05) is 5.56 Å². The van der Waals surface area contributed by atoms with Crippen LogP contribution in [-0.2, 0) is 38.5 Å². The normalized spacial score (nSPS) is 12.6. The van der Waals surface area contributed by atoms with Gasteiger partial charge in [-0.3, -0.25) is 4.18 Å². The van der Waals surface area contributed by atoms with Crippen LogP contribution in [0.5, 0.6) is 11.5 Å². The fourth-order valence-corrected chi connectivity index (χ4v) is 3.88. The highest BCUT2D eigenvalue weighted by molar-refractivity contribution is 7.85. The predicted octanol–water partition coefficient (Wildman–Crippen LogP) is 5.27. The summed E-state index contributed by atoms with van der Waals surface area (Å²) < 4.78 is 45.1. The molecule has 0 N–H and O–H groups in total. The molecule has 31 heavy (non-hydrogen) atoms. The largest absolute Gasteiger partial charge is 0.496 e. The van der Waals surface area contributed by atoms with Crippen LogP contribution in [0.25, 0.3) is 0 Å². The molecule has 0 spiro atoms. The molecule has 0 heterocycles. The first-order chi connectivity index (χ1) is 14.3. The Labute approximate surface area is 187 Å². The molecule has 0 saturated heterocycles. The molecule has 0 aliphatic rings. The Balaban J connectivity index is 2.04. The summed E-state index contributed by atoms with van der Waals surface area (Å²) in [5, 5.41) is 0.161. The number of rotatable bonds is 10. The van der Waals surface area contributed by atoms with E-state index in [1.54, 1.807) is 6.07 Å². The Morgan fingerprint density at radius 2 is 1.61 bits per heavy atom. The molecule has 0 saturated carbocycles. The Morgan fingerprint density at radius 1 is 0.935 bits per heavy atom. The zero-order chi connectivity index (χ0) is 23.3. The quantitative estimate of drug-likeness (QED) is 0.351. The molecule has 2 rings (SSSR count). The minimum atomic E-state index is -3.54.